The summed E-state index contributed by atoms with van der Waals surface area (Å²) in [7, 11) is 0. The van der Waals surface area contributed by atoms with E-state index >= 15 is 0 Å². The Hall–Kier alpha value is -0.730. The monoisotopic (exact) mass is 254 g/mol. The normalized spacial score (nSPS) is 17.1. The molecule has 0 atom stereocenters. The molecule has 1 heterocycles. The highest BCUT2D eigenvalue weighted by molar-refractivity contribution is 6.30. The number of hydrogen-bond donors (Lipinski definition) is 1. The van der Waals surface area contributed by atoms with Gasteiger partial charge in [-0.25, -0.2) is 0 Å². The van der Waals surface area contributed by atoms with Crippen LogP contribution in [0.15, 0.2) is 18.2 Å². The number of quaternary nitrogens is 1. The van der Waals surface area contributed by atoms with Crippen molar-refractivity contribution in [3.05, 3.63) is 28.8 Å². The molecule has 1 aromatic carbocycles. The highest BCUT2D eigenvalue weighted by Gasteiger charge is 2.16. The molecule has 2 nitrogen and oxygen atoms in total. The van der Waals surface area contributed by atoms with Gasteiger partial charge in [0.1, 0.15) is 12.3 Å². The van der Waals surface area contributed by atoms with Gasteiger partial charge in [-0.15, -0.1) is 0 Å². The Morgan fingerprint density at radius 3 is 2.71 bits per heavy atom. The standard InChI is InChI=1S/C14H20ClNO/c1-2-17-14-7-6-13(15)10-12(14)11-16-8-4-3-5-9-16/h6-7,10H,2-5,8-9,11H2,1H3/p+1. The number of nitrogens with one attached hydrogen (secondary N) is 1. The van der Waals surface area contributed by atoms with Crippen LogP contribution in [0, 0.1) is 0 Å². The first-order valence-corrected chi connectivity index (χ1v) is 6.92. The fourth-order valence-electron chi connectivity index (χ4n) is 2.48. The maximum Gasteiger partial charge on any atom is 0.128 e. The van der Waals surface area contributed by atoms with Crippen LogP contribution in [0.3, 0.4) is 0 Å². The third-order valence-electron chi connectivity index (χ3n) is 3.32. The average molecular weight is 255 g/mol. The number of halogens is 1. The van der Waals surface area contributed by atoms with E-state index in [1.807, 2.05) is 25.1 Å². The van der Waals surface area contributed by atoms with Gasteiger partial charge in [0.25, 0.3) is 0 Å². The van der Waals surface area contributed by atoms with Crippen LogP contribution in [0.1, 0.15) is 31.7 Å². The minimum Gasteiger partial charge on any atom is -0.493 e. The Kier molecular flexibility index (Phi) is 4.69. The van der Waals surface area contributed by atoms with Gasteiger partial charge in [-0.2, -0.15) is 0 Å². The van der Waals surface area contributed by atoms with Crippen molar-refractivity contribution in [1.82, 2.24) is 0 Å². The fraction of sp³-hybridized carbons (Fsp3) is 0.571. The van der Waals surface area contributed by atoms with Crippen LogP contribution >= 0.6 is 11.6 Å². The zero-order valence-corrected chi connectivity index (χ0v) is 11.2. The summed E-state index contributed by atoms with van der Waals surface area (Å²) >= 11 is 6.07. The minimum absolute atomic E-state index is 0.712. The smallest absolute Gasteiger partial charge is 0.128 e. The first-order valence-electron chi connectivity index (χ1n) is 6.54. The third-order valence-corrected chi connectivity index (χ3v) is 3.56. The molecule has 1 fully saturated rings. The molecular formula is C14H21ClNO+. The van der Waals surface area contributed by atoms with E-state index < -0.39 is 0 Å². The number of rotatable bonds is 4. The van der Waals surface area contributed by atoms with E-state index in [0.717, 1.165) is 17.3 Å². The van der Waals surface area contributed by atoms with E-state index in [4.69, 9.17) is 16.3 Å². The van der Waals surface area contributed by atoms with Gasteiger partial charge in [-0.05, 0) is 44.4 Å². The summed E-state index contributed by atoms with van der Waals surface area (Å²) < 4.78 is 5.66. The van der Waals surface area contributed by atoms with E-state index in [1.165, 1.54) is 37.9 Å². The Bertz CT molecular complexity index is 361. The second kappa shape index (κ2) is 6.27. The Morgan fingerprint density at radius 1 is 1.24 bits per heavy atom. The van der Waals surface area contributed by atoms with Crippen molar-refractivity contribution in [2.45, 2.75) is 32.7 Å². The van der Waals surface area contributed by atoms with Crippen LogP contribution in [0.5, 0.6) is 5.75 Å². The molecule has 1 N–H and O–H groups in total. The molecule has 94 valence electrons. The van der Waals surface area contributed by atoms with Gasteiger partial charge in [0.2, 0.25) is 0 Å². The molecule has 1 aliphatic rings. The van der Waals surface area contributed by atoms with Gasteiger partial charge < -0.3 is 9.64 Å². The summed E-state index contributed by atoms with van der Waals surface area (Å²) in [6.45, 7) is 6.32. The maximum absolute atomic E-state index is 6.07. The second-order valence-corrected chi connectivity index (χ2v) is 5.11. The second-order valence-electron chi connectivity index (χ2n) is 4.67. The van der Waals surface area contributed by atoms with Gasteiger partial charge in [-0.1, -0.05) is 11.6 Å². The lowest BCUT2D eigenvalue weighted by molar-refractivity contribution is -0.918. The van der Waals surface area contributed by atoms with E-state index in [-0.39, 0.29) is 0 Å². The molecule has 0 aromatic heterocycles. The van der Waals surface area contributed by atoms with Crippen LogP contribution in [0.2, 0.25) is 5.02 Å². The molecule has 1 saturated heterocycles. The van der Waals surface area contributed by atoms with Gasteiger partial charge in [0.05, 0.1) is 19.7 Å². The van der Waals surface area contributed by atoms with Crippen molar-refractivity contribution < 1.29 is 9.64 Å². The van der Waals surface area contributed by atoms with Crippen LogP contribution in [0.4, 0.5) is 0 Å². The van der Waals surface area contributed by atoms with Crippen molar-refractivity contribution in [3.63, 3.8) is 0 Å². The number of ether oxygens (including phenoxy) is 1. The third kappa shape index (κ3) is 3.62. The van der Waals surface area contributed by atoms with Crippen LogP contribution in [-0.2, 0) is 6.54 Å². The van der Waals surface area contributed by atoms with Crippen molar-refractivity contribution in [1.29, 1.82) is 0 Å². The highest BCUT2D eigenvalue weighted by Crippen LogP contribution is 2.22. The molecule has 2 rings (SSSR count). The average Bonchev–Trinajstić information content (AvgIpc) is 2.34. The summed E-state index contributed by atoms with van der Waals surface area (Å²) in [6, 6.07) is 5.94. The summed E-state index contributed by atoms with van der Waals surface area (Å²) in [5, 5.41) is 0.805. The maximum atomic E-state index is 6.07. The van der Waals surface area contributed by atoms with Crippen molar-refractivity contribution in [2.75, 3.05) is 19.7 Å². The zero-order chi connectivity index (χ0) is 12.1. The Morgan fingerprint density at radius 2 is 2.00 bits per heavy atom. The molecule has 0 aliphatic carbocycles. The quantitative estimate of drug-likeness (QED) is 0.871. The molecule has 0 saturated carbocycles. The van der Waals surface area contributed by atoms with Crippen LogP contribution in [-0.4, -0.2) is 19.7 Å². The molecule has 0 spiro atoms. The molecule has 3 heteroatoms. The van der Waals surface area contributed by atoms with Gasteiger partial charge >= 0.3 is 0 Å². The van der Waals surface area contributed by atoms with E-state index in [0.29, 0.717) is 6.61 Å². The van der Waals surface area contributed by atoms with E-state index in [9.17, 15) is 0 Å². The van der Waals surface area contributed by atoms with Gasteiger partial charge in [-0.3, -0.25) is 0 Å². The summed E-state index contributed by atoms with van der Waals surface area (Å²) in [4.78, 5) is 1.65. The predicted molar refractivity (Wildman–Crippen MR) is 70.9 cm³/mol. The number of hydrogen-bond acceptors (Lipinski definition) is 1. The summed E-state index contributed by atoms with van der Waals surface area (Å²) in [6.07, 6.45) is 4.08. The largest absolute Gasteiger partial charge is 0.493 e. The Labute approximate surface area is 109 Å². The SMILES string of the molecule is CCOc1ccc(Cl)cc1C[NH+]1CCCCC1. The molecular weight excluding hydrogens is 234 g/mol. The first kappa shape index (κ1) is 12.7. The summed E-state index contributed by atoms with van der Waals surface area (Å²) in [5.74, 6) is 0.995. The fourth-order valence-corrected chi connectivity index (χ4v) is 2.68. The molecule has 17 heavy (non-hydrogen) atoms. The number of piperidine rings is 1. The lowest BCUT2D eigenvalue weighted by Gasteiger charge is -2.24. The molecule has 1 aliphatic heterocycles. The zero-order valence-electron chi connectivity index (χ0n) is 10.5. The topological polar surface area (TPSA) is 13.7 Å². The highest BCUT2D eigenvalue weighted by atomic mass is 35.5. The molecule has 1 aromatic rings. The minimum atomic E-state index is 0.712. The molecule has 0 amide bonds. The predicted octanol–water partition coefficient (Wildman–Crippen LogP) is 2.31. The van der Waals surface area contributed by atoms with Crippen LogP contribution in [0.25, 0.3) is 0 Å². The Balaban J connectivity index is 2.08. The lowest BCUT2D eigenvalue weighted by atomic mass is 10.1. The number of likely N-dealkylation sites (tertiary alicyclic amines) is 1. The van der Waals surface area contributed by atoms with Crippen molar-refractivity contribution in [3.8, 4) is 5.75 Å². The first-order chi connectivity index (χ1) is 8.29. The lowest BCUT2D eigenvalue weighted by Crippen LogP contribution is -3.11. The number of benzene rings is 1. The van der Waals surface area contributed by atoms with Crippen molar-refractivity contribution >= 4 is 11.6 Å². The molecule has 0 unspecified atom stereocenters. The van der Waals surface area contributed by atoms with E-state index in [1.54, 1.807) is 4.90 Å². The van der Waals surface area contributed by atoms with Gasteiger partial charge in [0, 0.05) is 10.6 Å². The molecule has 0 bridgehead atoms. The summed E-state index contributed by atoms with van der Waals surface area (Å²) in [5.41, 5.74) is 1.25. The van der Waals surface area contributed by atoms with Crippen molar-refractivity contribution in [2.24, 2.45) is 0 Å². The van der Waals surface area contributed by atoms with E-state index in [2.05, 4.69) is 0 Å². The van der Waals surface area contributed by atoms with Crippen LogP contribution < -0.4 is 9.64 Å². The molecule has 0 radical (unpaired) electrons. The van der Waals surface area contributed by atoms with Gasteiger partial charge in [0.15, 0.2) is 0 Å².